The quantitative estimate of drug-likeness (QED) is 0.471. The number of halogens is 1. The van der Waals surface area contributed by atoms with Gasteiger partial charge in [-0.15, -0.1) is 5.92 Å². The molecule has 0 N–H and O–H groups in total. The summed E-state index contributed by atoms with van der Waals surface area (Å²) in [6.07, 6.45) is 2.98. The molecule has 2 heteroatoms. The minimum absolute atomic E-state index is 0.0269. The van der Waals surface area contributed by atoms with E-state index in [1.807, 2.05) is 6.92 Å². The van der Waals surface area contributed by atoms with Gasteiger partial charge >= 0.3 is 0 Å². The second kappa shape index (κ2) is 7.91. The molecule has 0 saturated carbocycles. The third-order valence-electron chi connectivity index (χ3n) is 1.27. The Labute approximate surface area is 74.1 Å². The molecule has 0 aromatic carbocycles. The number of rotatable bonds is 4. The fourth-order valence-corrected chi connectivity index (χ4v) is 0.801. The summed E-state index contributed by atoms with van der Waals surface area (Å²) in [5, 5.41) is 0. The highest BCUT2D eigenvalue weighted by molar-refractivity contribution is 6.17. The van der Waals surface area contributed by atoms with Crippen molar-refractivity contribution in [2.45, 2.75) is 39.2 Å². The summed E-state index contributed by atoms with van der Waals surface area (Å²) in [7, 11) is 0. The van der Waals surface area contributed by atoms with Crippen LogP contribution >= 0.6 is 11.6 Å². The summed E-state index contributed by atoms with van der Waals surface area (Å²) in [6, 6.07) is 0.235. The van der Waals surface area contributed by atoms with E-state index in [9.17, 15) is 0 Å². The highest BCUT2D eigenvalue weighted by Crippen LogP contribution is 1.97. The van der Waals surface area contributed by atoms with Gasteiger partial charge in [-0.3, -0.25) is 0 Å². The van der Waals surface area contributed by atoms with Crippen LogP contribution in [-0.2, 0) is 4.74 Å². The molecule has 0 spiro atoms. The van der Waals surface area contributed by atoms with E-state index in [0.29, 0.717) is 0 Å². The molecule has 1 unspecified atom stereocenters. The van der Waals surface area contributed by atoms with E-state index >= 15 is 0 Å². The summed E-state index contributed by atoms with van der Waals surface area (Å²) in [6.45, 7) is 4.15. The minimum Gasteiger partial charge on any atom is -0.350 e. The summed E-state index contributed by atoms with van der Waals surface area (Å²) >= 11 is 5.40. The molecule has 0 aromatic rings. The average Bonchev–Trinajstić information content (AvgIpc) is 2.03. The molecule has 0 aromatic heterocycles. The molecular formula is C9H15ClO. The first-order chi connectivity index (χ1) is 5.35. The molecule has 0 aliphatic heterocycles. The van der Waals surface area contributed by atoms with E-state index in [1.54, 1.807) is 0 Å². The lowest BCUT2D eigenvalue weighted by molar-refractivity contribution is 0.128. The smallest absolute Gasteiger partial charge is 0.122 e. The van der Waals surface area contributed by atoms with Gasteiger partial charge in [0.25, 0.3) is 0 Å². The van der Waals surface area contributed by atoms with Gasteiger partial charge in [0.15, 0.2) is 0 Å². The third-order valence-corrected chi connectivity index (χ3v) is 1.40. The van der Waals surface area contributed by atoms with Gasteiger partial charge in [-0.1, -0.05) is 31.4 Å². The first kappa shape index (κ1) is 10.8. The predicted molar refractivity (Wildman–Crippen MR) is 48.6 cm³/mol. The van der Waals surface area contributed by atoms with Gasteiger partial charge in [0, 0.05) is 6.42 Å². The van der Waals surface area contributed by atoms with Crippen molar-refractivity contribution in [2.75, 3.05) is 6.07 Å². The van der Waals surface area contributed by atoms with E-state index in [1.165, 1.54) is 0 Å². The van der Waals surface area contributed by atoms with Crippen LogP contribution in [0.3, 0.4) is 0 Å². The van der Waals surface area contributed by atoms with Crippen LogP contribution in [0, 0.1) is 11.8 Å². The molecular weight excluding hydrogens is 160 g/mol. The van der Waals surface area contributed by atoms with Crippen molar-refractivity contribution in [3.8, 4) is 11.8 Å². The third kappa shape index (κ3) is 6.22. The molecule has 0 heterocycles. The van der Waals surface area contributed by atoms with Gasteiger partial charge < -0.3 is 4.74 Å². The first-order valence-electron chi connectivity index (χ1n) is 4.01. The lowest BCUT2D eigenvalue weighted by Crippen LogP contribution is -2.07. The number of alkyl halides is 1. The summed E-state index contributed by atoms with van der Waals surface area (Å²) in [5.74, 6) is 6.05. The van der Waals surface area contributed by atoms with Crippen LogP contribution in [0.1, 0.15) is 33.1 Å². The molecule has 0 bridgehead atoms. The van der Waals surface area contributed by atoms with Crippen LogP contribution in [-0.4, -0.2) is 12.2 Å². The van der Waals surface area contributed by atoms with Crippen molar-refractivity contribution in [3.05, 3.63) is 0 Å². The maximum atomic E-state index is 5.40. The molecule has 0 amide bonds. The van der Waals surface area contributed by atoms with Gasteiger partial charge in [0.05, 0.1) is 0 Å². The van der Waals surface area contributed by atoms with E-state index in [2.05, 4.69) is 18.8 Å². The van der Waals surface area contributed by atoms with Gasteiger partial charge in [-0.05, 0) is 12.8 Å². The Morgan fingerprint density at radius 1 is 1.45 bits per heavy atom. The zero-order chi connectivity index (χ0) is 8.53. The van der Waals surface area contributed by atoms with E-state index < -0.39 is 0 Å². The number of unbranched alkanes of at least 4 members (excludes halogenated alkanes) is 1. The predicted octanol–water partition coefficient (Wildman–Crippen LogP) is 2.78. The first-order valence-corrected chi connectivity index (χ1v) is 4.54. The van der Waals surface area contributed by atoms with Crippen LogP contribution in [0.15, 0.2) is 0 Å². The largest absolute Gasteiger partial charge is 0.350 e. The summed E-state index contributed by atoms with van der Waals surface area (Å²) in [4.78, 5) is 0. The van der Waals surface area contributed by atoms with Crippen molar-refractivity contribution in [1.29, 1.82) is 0 Å². The Bertz CT molecular complexity index is 134. The molecule has 0 saturated heterocycles. The maximum Gasteiger partial charge on any atom is 0.122 e. The molecule has 0 aliphatic carbocycles. The summed E-state index contributed by atoms with van der Waals surface area (Å²) < 4.78 is 5.13. The highest BCUT2D eigenvalue weighted by Gasteiger charge is 1.98. The van der Waals surface area contributed by atoms with Gasteiger partial charge in [-0.25, -0.2) is 0 Å². The normalized spacial score (nSPS) is 11.9. The van der Waals surface area contributed by atoms with Gasteiger partial charge in [0.2, 0.25) is 0 Å². The van der Waals surface area contributed by atoms with E-state index in [-0.39, 0.29) is 12.2 Å². The van der Waals surface area contributed by atoms with Crippen molar-refractivity contribution < 1.29 is 4.74 Å². The van der Waals surface area contributed by atoms with Crippen LogP contribution in [0.4, 0.5) is 0 Å². The zero-order valence-electron chi connectivity index (χ0n) is 7.19. The SMILES string of the molecule is CCCC#CC(CC)OCCl. The molecule has 1 nitrogen and oxygen atoms in total. The molecule has 0 radical (unpaired) electrons. The number of ether oxygens (including phenoxy) is 1. The number of hydrogen-bond donors (Lipinski definition) is 0. The Hall–Kier alpha value is -0.190. The molecule has 64 valence electrons. The summed E-state index contributed by atoms with van der Waals surface area (Å²) in [5.41, 5.74) is 0. The fraction of sp³-hybridized carbons (Fsp3) is 0.778. The Morgan fingerprint density at radius 2 is 2.18 bits per heavy atom. The van der Waals surface area contributed by atoms with Crippen molar-refractivity contribution in [2.24, 2.45) is 0 Å². The topological polar surface area (TPSA) is 9.23 Å². The van der Waals surface area contributed by atoms with Crippen LogP contribution in [0.5, 0.6) is 0 Å². The molecule has 0 fully saturated rings. The monoisotopic (exact) mass is 174 g/mol. The minimum atomic E-state index is 0.0269. The van der Waals surface area contributed by atoms with E-state index in [4.69, 9.17) is 16.3 Å². The lowest BCUT2D eigenvalue weighted by Gasteiger charge is -2.04. The second-order valence-electron chi connectivity index (χ2n) is 2.24. The molecule has 11 heavy (non-hydrogen) atoms. The van der Waals surface area contributed by atoms with Crippen LogP contribution in [0.25, 0.3) is 0 Å². The maximum absolute atomic E-state index is 5.40. The standard InChI is InChI=1S/C9H15ClO/c1-3-5-6-7-9(4-2)11-8-10/h9H,3-5,8H2,1-2H3. The molecule has 0 rings (SSSR count). The Balaban J connectivity index is 3.59. The highest BCUT2D eigenvalue weighted by atomic mass is 35.5. The van der Waals surface area contributed by atoms with Gasteiger partial charge in [0.1, 0.15) is 12.2 Å². The Morgan fingerprint density at radius 3 is 2.64 bits per heavy atom. The second-order valence-corrected chi connectivity index (χ2v) is 2.46. The Kier molecular flexibility index (Phi) is 7.78. The van der Waals surface area contributed by atoms with Crippen molar-refractivity contribution in [3.63, 3.8) is 0 Å². The molecule has 1 atom stereocenters. The van der Waals surface area contributed by atoms with Crippen LogP contribution in [0.2, 0.25) is 0 Å². The van der Waals surface area contributed by atoms with E-state index in [0.717, 1.165) is 19.3 Å². The van der Waals surface area contributed by atoms with Crippen LogP contribution < -0.4 is 0 Å². The lowest BCUT2D eigenvalue weighted by atomic mass is 10.2. The fourth-order valence-electron chi connectivity index (χ4n) is 0.649. The van der Waals surface area contributed by atoms with Crippen molar-refractivity contribution in [1.82, 2.24) is 0 Å². The average molecular weight is 175 g/mol. The molecule has 0 aliphatic rings. The van der Waals surface area contributed by atoms with Gasteiger partial charge in [-0.2, -0.15) is 0 Å². The number of hydrogen-bond acceptors (Lipinski definition) is 1. The zero-order valence-corrected chi connectivity index (χ0v) is 7.95. The van der Waals surface area contributed by atoms with Crippen molar-refractivity contribution >= 4 is 11.6 Å².